The van der Waals surface area contributed by atoms with Crippen LogP contribution < -0.4 is 15.5 Å². The van der Waals surface area contributed by atoms with E-state index in [1.54, 1.807) is 0 Å². The van der Waals surface area contributed by atoms with Crippen LogP contribution in [0.1, 0.15) is 44.1 Å². The van der Waals surface area contributed by atoms with E-state index in [-0.39, 0.29) is 6.03 Å². The summed E-state index contributed by atoms with van der Waals surface area (Å²) < 4.78 is 0. The van der Waals surface area contributed by atoms with Crippen molar-refractivity contribution in [2.24, 2.45) is 0 Å². The van der Waals surface area contributed by atoms with Crippen LogP contribution in [-0.2, 0) is 6.54 Å². The van der Waals surface area contributed by atoms with Gasteiger partial charge in [-0.2, -0.15) is 0 Å². The maximum atomic E-state index is 11.9. The molecule has 0 radical (unpaired) electrons. The zero-order valence-electron chi connectivity index (χ0n) is 13.2. The van der Waals surface area contributed by atoms with Crippen LogP contribution in [-0.4, -0.2) is 26.2 Å². The number of hydrogen-bond acceptors (Lipinski definition) is 2. The summed E-state index contributed by atoms with van der Waals surface area (Å²) in [6.45, 7) is 0.576. The number of benzene rings is 1. The monoisotopic (exact) mass is 289 g/mol. The van der Waals surface area contributed by atoms with Gasteiger partial charge >= 0.3 is 6.03 Å². The van der Waals surface area contributed by atoms with Crippen molar-refractivity contribution in [1.29, 1.82) is 0 Å². The van der Waals surface area contributed by atoms with Gasteiger partial charge in [0.25, 0.3) is 0 Å². The molecule has 2 amide bonds. The maximum absolute atomic E-state index is 11.9. The van der Waals surface area contributed by atoms with E-state index in [0.29, 0.717) is 12.6 Å². The summed E-state index contributed by atoms with van der Waals surface area (Å²) in [5, 5.41) is 6.05. The van der Waals surface area contributed by atoms with Crippen LogP contribution >= 0.6 is 0 Å². The molecule has 0 spiro atoms. The second-order valence-corrected chi connectivity index (χ2v) is 6.08. The van der Waals surface area contributed by atoms with Gasteiger partial charge in [-0.25, -0.2) is 4.79 Å². The molecule has 0 saturated heterocycles. The minimum absolute atomic E-state index is 0.0430. The second-order valence-electron chi connectivity index (χ2n) is 6.08. The van der Waals surface area contributed by atoms with Gasteiger partial charge in [0, 0.05) is 32.4 Å². The van der Waals surface area contributed by atoms with Crippen LogP contribution in [0.15, 0.2) is 24.3 Å². The lowest BCUT2D eigenvalue weighted by molar-refractivity contribution is 0.235. The zero-order chi connectivity index (χ0) is 15.1. The Bertz CT molecular complexity index is 434. The Morgan fingerprint density at radius 1 is 1.10 bits per heavy atom. The molecule has 21 heavy (non-hydrogen) atoms. The molecule has 2 rings (SSSR count). The first-order valence-corrected chi connectivity index (χ1v) is 7.96. The number of nitrogens with one attached hydrogen (secondary N) is 2. The molecule has 1 saturated carbocycles. The average molecular weight is 289 g/mol. The lowest BCUT2D eigenvalue weighted by Gasteiger charge is -2.17. The molecule has 0 heterocycles. The highest BCUT2D eigenvalue weighted by Crippen LogP contribution is 2.17. The predicted molar refractivity (Wildman–Crippen MR) is 87.6 cm³/mol. The Labute approximate surface area is 127 Å². The van der Waals surface area contributed by atoms with Gasteiger partial charge in [-0.15, -0.1) is 0 Å². The Hall–Kier alpha value is -1.71. The molecule has 2 N–H and O–H groups in total. The molecular formula is C17H27N3O. The van der Waals surface area contributed by atoms with Crippen molar-refractivity contribution in [2.45, 2.75) is 51.1 Å². The van der Waals surface area contributed by atoms with Crippen LogP contribution in [0, 0.1) is 0 Å². The second kappa shape index (κ2) is 7.91. The van der Waals surface area contributed by atoms with Gasteiger partial charge in [0.1, 0.15) is 0 Å². The number of rotatable bonds is 4. The van der Waals surface area contributed by atoms with E-state index in [1.165, 1.54) is 31.4 Å². The third-order valence-corrected chi connectivity index (χ3v) is 4.10. The highest BCUT2D eigenvalue weighted by molar-refractivity contribution is 5.74. The standard InChI is InChI=1S/C17H27N3O/c1-20(2)16-11-9-14(10-12-16)13-18-17(21)19-15-7-5-3-4-6-8-15/h9-12,15H,3-8,13H2,1-2H3,(H2,18,19,21). The van der Waals surface area contributed by atoms with Gasteiger partial charge in [0.05, 0.1) is 0 Å². The van der Waals surface area contributed by atoms with Gasteiger partial charge < -0.3 is 15.5 Å². The molecule has 1 aromatic carbocycles. The molecule has 116 valence electrons. The quantitative estimate of drug-likeness (QED) is 0.836. The van der Waals surface area contributed by atoms with Gasteiger partial charge in [0.15, 0.2) is 0 Å². The first kappa shape index (κ1) is 15.7. The molecule has 0 unspecified atom stereocenters. The smallest absolute Gasteiger partial charge is 0.315 e. The topological polar surface area (TPSA) is 44.4 Å². The lowest BCUT2D eigenvalue weighted by atomic mass is 10.1. The summed E-state index contributed by atoms with van der Waals surface area (Å²) in [5.41, 5.74) is 2.29. The van der Waals surface area contributed by atoms with Crippen molar-refractivity contribution in [3.8, 4) is 0 Å². The van der Waals surface area contributed by atoms with Crippen molar-refractivity contribution < 1.29 is 4.79 Å². The summed E-state index contributed by atoms with van der Waals surface area (Å²) in [5.74, 6) is 0. The molecular weight excluding hydrogens is 262 g/mol. The van der Waals surface area contributed by atoms with Gasteiger partial charge in [-0.3, -0.25) is 0 Å². The number of anilines is 1. The Kier molecular flexibility index (Phi) is 5.90. The van der Waals surface area contributed by atoms with E-state index in [4.69, 9.17) is 0 Å². The summed E-state index contributed by atoms with van der Waals surface area (Å²) in [4.78, 5) is 14.0. The Morgan fingerprint density at radius 3 is 2.29 bits per heavy atom. The van der Waals surface area contributed by atoms with E-state index >= 15 is 0 Å². The maximum Gasteiger partial charge on any atom is 0.315 e. The molecule has 4 nitrogen and oxygen atoms in total. The third-order valence-electron chi connectivity index (χ3n) is 4.10. The van der Waals surface area contributed by atoms with Crippen molar-refractivity contribution in [1.82, 2.24) is 10.6 Å². The molecule has 1 aliphatic rings. The van der Waals surface area contributed by atoms with Crippen LogP contribution in [0.4, 0.5) is 10.5 Å². The largest absolute Gasteiger partial charge is 0.378 e. The van der Waals surface area contributed by atoms with Gasteiger partial charge in [-0.05, 0) is 30.5 Å². The van der Waals surface area contributed by atoms with Crippen LogP contribution in [0.25, 0.3) is 0 Å². The number of urea groups is 1. The average Bonchev–Trinajstić information content (AvgIpc) is 2.74. The fourth-order valence-corrected chi connectivity index (χ4v) is 2.75. The van der Waals surface area contributed by atoms with Gasteiger partial charge in [-0.1, -0.05) is 37.8 Å². The van der Waals surface area contributed by atoms with E-state index in [2.05, 4.69) is 39.8 Å². The van der Waals surface area contributed by atoms with Crippen molar-refractivity contribution in [3.05, 3.63) is 29.8 Å². The zero-order valence-corrected chi connectivity index (χ0v) is 13.2. The third kappa shape index (κ3) is 5.29. The van der Waals surface area contributed by atoms with E-state index in [0.717, 1.165) is 18.4 Å². The molecule has 4 heteroatoms. The minimum Gasteiger partial charge on any atom is -0.378 e. The summed E-state index contributed by atoms with van der Waals surface area (Å²) in [6, 6.07) is 8.56. The molecule has 1 fully saturated rings. The number of nitrogens with zero attached hydrogens (tertiary/aromatic N) is 1. The predicted octanol–water partition coefficient (Wildman–Crippen LogP) is 3.27. The van der Waals surface area contributed by atoms with E-state index < -0.39 is 0 Å². The summed E-state index contributed by atoms with van der Waals surface area (Å²) in [7, 11) is 4.04. The molecule has 0 atom stereocenters. The van der Waals surface area contributed by atoms with Crippen molar-refractivity contribution in [2.75, 3.05) is 19.0 Å². The number of hydrogen-bond donors (Lipinski definition) is 2. The minimum atomic E-state index is -0.0430. The fraction of sp³-hybridized carbons (Fsp3) is 0.588. The van der Waals surface area contributed by atoms with E-state index in [9.17, 15) is 4.79 Å². The molecule has 1 aromatic rings. The van der Waals surface area contributed by atoms with Gasteiger partial charge in [0.2, 0.25) is 0 Å². The number of carbonyl (C=O) groups is 1. The molecule has 1 aliphatic carbocycles. The summed E-state index contributed by atoms with van der Waals surface area (Å²) in [6.07, 6.45) is 7.31. The lowest BCUT2D eigenvalue weighted by Crippen LogP contribution is -2.41. The molecule has 0 aromatic heterocycles. The number of carbonyl (C=O) groups excluding carboxylic acids is 1. The first-order chi connectivity index (χ1) is 10.1. The normalized spacial score (nSPS) is 16.1. The van der Waals surface area contributed by atoms with E-state index in [1.807, 2.05) is 14.1 Å². The highest BCUT2D eigenvalue weighted by Gasteiger charge is 2.14. The van der Waals surface area contributed by atoms with Crippen molar-refractivity contribution in [3.63, 3.8) is 0 Å². The Balaban J connectivity index is 1.75. The van der Waals surface area contributed by atoms with Crippen LogP contribution in [0.2, 0.25) is 0 Å². The first-order valence-electron chi connectivity index (χ1n) is 7.96. The number of amides is 2. The SMILES string of the molecule is CN(C)c1ccc(CNC(=O)NC2CCCCCC2)cc1. The molecule has 0 aliphatic heterocycles. The van der Waals surface area contributed by atoms with Crippen LogP contribution in [0.3, 0.4) is 0 Å². The Morgan fingerprint density at radius 2 is 1.71 bits per heavy atom. The van der Waals surface area contributed by atoms with Crippen LogP contribution in [0.5, 0.6) is 0 Å². The van der Waals surface area contributed by atoms with Crippen molar-refractivity contribution >= 4 is 11.7 Å². The fourth-order valence-electron chi connectivity index (χ4n) is 2.75. The highest BCUT2D eigenvalue weighted by atomic mass is 16.2. The summed E-state index contributed by atoms with van der Waals surface area (Å²) >= 11 is 0. The molecule has 0 bridgehead atoms.